The van der Waals surface area contributed by atoms with Gasteiger partial charge in [-0.3, -0.25) is 0 Å². The molecule has 9 heavy (non-hydrogen) atoms. The molecule has 0 saturated carbocycles. The van der Waals surface area contributed by atoms with Crippen LogP contribution < -0.4 is 0 Å². The quantitative estimate of drug-likeness (QED) is 0.426. The standard InChI is InChI=1S/C5H8F2N2/c1-2-9(4-8)3-5(6)7/h5H,2-3H2,1H3. The van der Waals surface area contributed by atoms with E-state index >= 15 is 0 Å². The Balaban J connectivity index is 3.47. The average Bonchev–Trinajstić information content (AvgIpc) is 1.82. The van der Waals surface area contributed by atoms with Crippen molar-refractivity contribution in [3.8, 4) is 6.19 Å². The number of rotatable bonds is 3. The van der Waals surface area contributed by atoms with Crippen molar-refractivity contribution in [2.75, 3.05) is 13.1 Å². The summed E-state index contributed by atoms with van der Waals surface area (Å²) in [4.78, 5) is 1.00. The van der Waals surface area contributed by atoms with Gasteiger partial charge in [-0.05, 0) is 6.92 Å². The Morgan fingerprint density at radius 3 is 2.33 bits per heavy atom. The summed E-state index contributed by atoms with van der Waals surface area (Å²) >= 11 is 0. The molecule has 0 aliphatic carbocycles. The van der Waals surface area contributed by atoms with E-state index in [1.54, 1.807) is 13.1 Å². The molecule has 0 amide bonds. The maximum absolute atomic E-state index is 11.5. The van der Waals surface area contributed by atoms with Crippen LogP contribution in [0.1, 0.15) is 6.92 Å². The van der Waals surface area contributed by atoms with Gasteiger partial charge in [-0.15, -0.1) is 0 Å². The molecule has 0 rings (SSSR count). The smallest absolute Gasteiger partial charge is 0.256 e. The van der Waals surface area contributed by atoms with Gasteiger partial charge in [0.1, 0.15) is 0 Å². The SMILES string of the molecule is CCN(C#N)CC(F)F. The van der Waals surface area contributed by atoms with Crippen LogP contribution in [0.25, 0.3) is 0 Å². The van der Waals surface area contributed by atoms with Crippen LogP contribution in [0.15, 0.2) is 0 Å². The van der Waals surface area contributed by atoms with Crippen molar-refractivity contribution in [1.82, 2.24) is 4.90 Å². The summed E-state index contributed by atoms with van der Waals surface area (Å²) in [5.41, 5.74) is 0. The first-order valence-corrected chi connectivity index (χ1v) is 2.63. The van der Waals surface area contributed by atoms with Crippen molar-refractivity contribution >= 4 is 0 Å². The maximum atomic E-state index is 11.5. The van der Waals surface area contributed by atoms with Gasteiger partial charge in [0.25, 0.3) is 6.43 Å². The van der Waals surface area contributed by atoms with Crippen molar-refractivity contribution < 1.29 is 8.78 Å². The largest absolute Gasteiger partial charge is 0.305 e. The molecule has 2 nitrogen and oxygen atoms in total. The van der Waals surface area contributed by atoms with E-state index in [-0.39, 0.29) is 0 Å². The zero-order valence-electron chi connectivity index (χ0n) is 5.14. The molecule has 0 aromatic carbocycles. The minimum atomic E-state index is -2.41. The molecule has 0 bridgehead atoms. The number of alkyl halides is 2. The van der Waals surface area contributed by atoms with E-state index in [1.807, 2.05) is 0 Å². The minimum Gasteiger partial charge on any atom is -0.305 e. The minimum absolute atomic E-state index is 0.348. The summed E-state index contributed by atoms with van der Waals surface area (Å²) in [6, 6.07) is 0. The molecule has 0 saturated heterocycles. The van der Waals surface area contributed by atoms with Crippen molar-refractivity contribution in [3.05, 3.63) is 0 Å². The van der Waals surface area contributed by atoms with Crippen LogP contribution in [0.3, 0.4) is 0 Å². The molecule has 0 radical (unpaired) electrons. The van der Waals surface area contributed by atoms with E-state index < -0.39 is 13.0 Å². The summed E-state index contributed by atoms with van der Waals surface area (Å²) in [7, 11) is 0. The molecule has 0 spiro atoms. The van der Waals surface area contributed by atoms with Gasteiger partial charge in [-0.2, -0.15) is 5.26 Å². The highest BCUT2D eigenvalue weighted by Crippen LogP contribution is 1.95. The Kier molecular flexibility index (Phi) is 3.69. The van der Waals surface area contributed by atoms with E-state index in [0.717, 1.165) is 4.90 Å². The molecule has 0 N–H and O–H groups in total. The first-order valence-electron chi connectivity index (χ1n) is 2.63. The van der Waals surface area contributed by atoms with Gasteiger partial charge in [-0.25, -0.2) is 8.78 Å². The Bertz CT molecular complexity index is 108. The van der Waals surface area contributed by atoms with Gasteiger partial charge < -0.3 is 4.90 Å². The van der Waals surface area contributed by atoms with E-state index in [1.165, 1.54) is 0 Å². The van der Waals surface area contributed by atoms with Gasteiger partial charge in [0.15, 0.2) is 6.19 Å². The lowest BCUT2D eigenvalue weighted by Gasteiger charge is -2.10. The second-order valence-corrected chi connectivity index (χ2v) is 1.53. The fourth-order valence-corrected chi connectivity index (χ4v) is 0.407. The molecule has 0 aromatic rings. The Morgan fingerprint density at radius 2 is 2.22 bits per heavy atom. The molecule has 0 unspecified atom stereocenters. The number of nitrogens with zero attached hydrogens (tertiary/aromatic N) is 2. The van der Waals surface area contributed by atoms with Crippen LogP contribution in [0.5, 0.6) is 0 Å². The second kappa shape index (κ2) is 4.07. The van der Waals surface area contributed by atoms with Gasteiger partial charge in [0.05, 0.1) is 6.54 Å². The summed E-state index contributed by atoms with van der Waals surface area (Å²) in [5.74, 6) is 0. The zero-order chi connectivity index (χ0) is 7.28. The topological polar surface area (TPSA) is 27.0 Å². The summed E-state index contributed by atoms with van der Waals surface area (Å²) in [5, 5.41) is 8.12. The van der Waals surface area contributed by atoms with Crippen molar-refractivity contribution in [1.29, 1.82) is 5.26 Å². The van der Waals surface area contributed by atoms with E-state index in [9.17, 15) is 8.78 Å². The summed E-state index contributed by atoms with van der Waals surface area (Å²) in [6.45, 7) is 1.55. The highest BCUT2D eigenvalue weighted by molar-refractivity contribution is 4.71. The van der Waals surface area contributed by atoms with Crippen LogP contribution >= 0.6 is 0 Å². The first kappa shape index (κ1) is 8.15. The predicted molar refractivity (Wildman–Crippen MR) is 28.9 cm³/mol. The predicted octanol–water partition coefficient (Wildman–Crippen LogP) is 1.05. The third-order valence-electron chi connectivity index (χ3n) is 0.882. The molecule has 4 heteroatoms. The van der Waals surface area contributed by atoms with E-state index in [4.69, 9.17) is 5.26 Å². The van der Waals surface area contributed by atoms with Gasteiger partial charge in [0.2, 0.25) is 0 Å². The first-order chi connectivity index (χ1) is 4.20. The molecule has 0 aliphatic rings. The molecular weight excluding hydrogens is 126 g/mol. The average molecular weight is 134 g/mol. The molecule has 0 aromatic heterocycles. The second-order valence-electron chi connectivity index (χ2n) is 1.53. The van der Waals surface area contributed by atoms with Crippen LogP contribution in [-0.4, -0.2) is 24.4 Å². The zero-order valence-corrected chi connectivity index (χ0v) is 5.14. The molecule has 0 aliphatic heterocycles. The summed E-state index contributed by atoms with van der Waals surface area (Å²) in [6.07, 6.45) is -0.776. The highest BCUT2D eigenvalue weighted by Gasteiger charge is 2.06. The van der Waals surface area contributed by atoms with Crippen molar-refractivity contribution in [2.45, 2.75) is 13.3 Å². The fraction of sp³-hybridized carbons (Fsp3) is 0.800. The Hall–Kier alpha value is -0.850. The number of hydrogen-bond acceptors (Lipinski definition) is 2. The third-order valence-corrected chi connectivity index (χ3v) is 0.882. The highest BCUT2D eigenvalue weighted by atomic mass is 19.3. The molecular formula is C5H8F2N2. The molecule has 0 fully saturated rings. The molecule has 0 atom stereocenters. The van der Waals surface area contributed by atoms with Crippen LogP contribution in [0.2, 0.25) is 0 Å². The normalized spacial score (nSPS) is 9.22. The van der Waals surface area contributed by atoms with Crippen LogP contribution in [0.4, 0.5) is 8.78 Å². The van der Waals surface area contributed by atoms with E-state index in [0.29, 0.717) is 6.54 Å². The van der Waals surface area contributed by atoms with Crippen molar-refractivity contribution in [3.63, 3.8) is 0 Å². The van der Waals surface area contributed by atoms with Gasteiger partial charge in [0, 0.05) is 6.54 Å². The lowest BCUT2D eigenvalue weighted by atomic mass is 10.5. The molecule has 0 heterocycles. The number of nitriles is 1. The third kappa shape index (κ3) is 3.71. The van der Waals surface area contributed by atoms with Gasteiger partial charge >= 0.3 is 0 Å². The summed E-state index contributed by atoms with van der Waals surface area (Å²) < 4.78 is 22.9. The number of halogens is 2. The van der Waals surface area contributed by atoms with E-state index in [2.05, 4.69) is 0 Å². The lowest BCUT2D eigenvalue weighted by molar-refractivity contribution is 0.113. The monoisotopic (exact) mass is 134 g/mol. The Labute approximate surface area is 52.7 Å². The van der Waals surface area contributed by atoms with Crippen LogP contribution in [0, 0.1) is 11.5 Å². The maximum Gasteiger partial charge on any atom is 0.256 e. The Morgan fingerprint density at radius 1 is 1.67 bits per heavy atom. The lowest BCUT2D eigenvalue weighted by Crippen LogP contribution is -2.23. The van der Waals surface area contributed by atoms with Crippen molar-refractivity contribution in [2.24, 2.45) is 0 Å². The fourth-order valence-electron chi connectivity index (χ4n) is 0.407. The molecule has 52 valence electrons. The number of hydrogen-bond donors (Lipinski definition) is 0. The van der Waals surface area contributed by atoms with Crippen LogP contribution in [-0.2, 0) is 0 Å². The van der Waals surface area contributed by atoms with Gasteiger partial charge in [-0.1, -0.05) is 0 Å².